The lowest BCUT2D eigenvalue weighted by atomic mass is 9.92. The first-order valence-electron chi connectivity index (χ1n) is 12.3. The van der Waals surface area contributed by atoms with E-state index < -0.39 is 29.8 Å². The predicted molar refractivity (Wildman–Crippen MR) is 136 cm³/mol. The molecule has 0 amide bonds. The Balaban J connectivity index is 3.45. The van der Waals surface area contributed by atoms with Crippen LogP contribution in [0.5, 0.6) is 11.5 Å². The number of rotatable bonds is 11. The summed E-state index contributed by atoms with van der Waals surface area (Å²) < 4.78 is 21.1. The molecule has 0 spiro atoms. The first kappa shape index (κ1) is 31.9. The second-order valence-corrected chi connectivity index (χ2v) is 11.6. The number of carbonyl (C=O) groups excluding carboxylic acids is 3. The number of nitrogens with one attached hydrogen (secondary N) is 1. The van der Waals surface area contributed by atoms with Crippen LogP contribution in [0.4, 0.5) is 4.79 Å². The molecule has 0 fully saturated rings. The van der Waals surface area contributed by atoms with Crippen molar-refractivity contribution in [1.29, 1.82) is 0 Å². The number of ether oxygens (including phenoxy) is 4. The van der Waals surface area contributed by atoms with Crippen LogP contribution in [0.1, 0.15) is 80.7 Å². The number of aliphatic carboxylic acids is 1. The number of carbonyl (C=O) groups is 4. The average molecular weight is 524 g/mol. The Morgan fingerprint density at radius 1 is 0.892 bits per heavy atom. The van der Waals surface area contributed by atoms with Gasteiger partial charge in [0.25, 0.3) is 5.72 Å². The Hall–Kier alpha value is -3.14. The number of hydrogen-bond donors (Lipinski definition) is 2. The highest BCUT2D eigenvalue weighted by Crippen LogP contribution is 2.33. The molecule has 10 heteroatoms. The van der Waals surface area contributed by atoms with Crippen molar-refractivity contribution in [3.05, 3.63) is 23.8 Å². The highest BCUT2D eigenvalue weighted by molar-refractivity contribution is 5.81. The van der Waals surface area contributed by atoms with Crippen molar-refractivity contribution < 1.29 is 43.2 Å². The topological polar surface area (TPSA) is 137 Å². The monoisotopic (exact) mass is 523 g/mol. The van der Waals surface area contributed by atoms with Crippen LogP contribution in [0.15, 0.2) is 18.2 Å². The van der Waals surface area contributed by atoms with Crippen LogP contribution < -0.4 is 14.8 Å². The van der Waals surface area contributed by atoms with Crippen LogP contribution in [-0.4, -0.2) is 47.5 Å². The molecule has 1 rings (SSSR count). The summed E-state index contributed by atoms with van der Waals surface area (Å²) in [5.41, 5.74) is -2.51. The predicted octanol–water partition coefficient (Wildman–Crippen LogP) is 4.86. The van der Waals surface area contributed by atoms with Gasteiger partial charge < -0.3 is 24.1 Å². The van der Waals surface area contributed by atoms with Gasteiger partial charge in [-0.05, 0) is 49.3 Å². The largest absolute Gasteiger partial charge is 0.510 e. The molecule has 1 atom stereocenters. The van der Waals surface area contributed by atoms with E-state index in [0.717, 1.165) is 0 Å². The molecule has 0 saturated heterocycles. The Morgan fingerprint density at radius 3 is 1.84 bits per heavy atom. The fourth-order valence-corrected chi connectivity index (χ4v) is 3.35. The van der Waals surface area contributed by atoms with Crippen molar-refractivity contribution in [2.24, 2.45) is 10.8 Å². The van der Waals surface area contributed by atoms with E-state index in [-0.39, 0.29) is 54.2 Å². The van der Waals surface area contributed by atoms with E-state index in [1.807, 2.05) is 41.5 Å². The molecule has 1 aromatic carbocycles. The minimum atomic E-state index is -2.17. The summed E-state index contributed by atoms with van der Waals surface area (Å²) in [6, 6.07) is 3.94. The normalized spacial score (nSPS) is 13.5. The van der Waals surface area contributed by atoms with Gasteiger partial charge in [0, 0.05) is 12.5 Å². The molecular weight excluding hydrogens is 482 g/mol. The highest BCUT2D eigenvalue weighted by atomic mass is 16.7. The van der Waals surface area contributed by atoms with Crippen LogP contribution in [0.3, 0.4) is 0 Å². The van der Waals surface area contributed by atoms with Gasteiger partial charge in [-0.15, -0.1) is 0 Å². The standard InChI is InChI=1S/C27H41NO9/c1-10-34-24(33)37-27(23(31)32,28-17(2)3)14-18-11-12-19(35-21(29)15-25(4,5)6)20(13-18)36-22(30)16-26(7,8)9/h11-13,17,28H,10,14-16H2,1-9H3,(H,31,32)/t27-/m0/s1. The molecule has 0 heterocycles. The lowest BCUT2D eigenvalue weighted by Crippen LogP contribution is -2.59. The fraction of sp³-hybridized carbons (Fsp3) is 0.630. The van der Waals surface area contributed by atoms with Gasteiger partial charge in [0.15, 0.2) is 11.5 Å². The maximum Gasteiger partial charge on any atom is 0.510 e. The molecule has 0 saturated carbocycles. The number of carboxylic acid groups (broad SMARTS) is 1. The van der Waals surface area contributed by atoms with E-state index >= 15 is 0 Å². The molecule has 208 valence electrons. The zero-order valence-corrected chi connectivity index (χ0v) is 23.4. The van der Waals surface area contributed by atoms with Crippen molar-refractivity contribution in [3.63, 3.8) is 0 Å². The lowest BCUT2D eigenvalue weighted by molar-refractivity contribution is -0.166. The van der Waals surface area contributed by atoms with Crippen molar-refractivity contribution in [3.8, 4) is 11.5 Å². The number of hydrogen-bond acceptors (Lipinski definition) is 9. The third kappa shape index (κ3) is 11.6. The maximum absolute atomic E-state index is 12.6. The smallest absolute Gasteiger partial charge is 0.477 e. The highest BCUT2D eigenvalue weighted by Gasteiger charge is 2.44. The summed E-state index contributed by atoms with van der Waals surface area (Å²) in [5.74, 6) is -2.54. The number of carboxylic acids is 1. The Labute approximate surface area is 219 Å². The molecule has 0 aliphatic carbocycles. The van der Waals surface area contributed by atoms with E-state index in [4.69, 9.17) is 18.9 Å². The van der Waals surface area contributed by atoms with Crippen LogP contribution in [0.25, 0.3) is 0 Å². The minimum absolute atomic E-state index is 0.00127. The third-order valence-corrected chi connectivity index (χ3v) is 4.65. The molecule has 1 aromatic rings. The van der Waals surface area contributed by atoms with E-state index in [9.17, 15) is 24.3 Å². The van der Waals surface area contributed by atoms with E-state index in [2.05, 4.69) is 5.32 Å². The average Bonchev–Trinajstić information content (AvgIpc) is 2.66. The van der Waals surface area contributed by atoms with Crippen LogP contribution in [0.2, 0.25) is 0 Å². The van der Waals surface area contributed by atoms with Gasteiger partial charge in [0.2, 0.25) is 0 Å². The summed E-state index contributed by atoms with van der Waals surface area (Å²) in [4.78, 5) is 49.5. The Bertz CT molecular complexity index is 973. The minimum Gasteiger partial charge on any atom is -0.477 e. The lowest BCUT2D eigenvalue weighted by Gasteiger charge is -2.31. The van der Waals surface area contributed by atoms with Crippen LogP contribution >= 0.6 is 0 Å². The first-order chi connectivity index (χ1) is 16.9. The molecule has 0 aliphatic heterocycles. The maximum atomic E-state index is 12.6. The van der Waals surface area contributed by atoms with Gasteiger partial charge in [0.05, 0.1) is 19.4 Å². The molecule has 10 nitrogen and oxygen atoms in total. The van der Waals surface area contributed by atoms with Crippen molar-refractivity contribution in [2.75, 3.05) is 6.61 Å². The zero-order chi connectivity index (χ0) is 28.6. The number of esters is 2. The van der Waals surface area contributed by atoms with Gasteiger partial charge >= 0.3 is 24.1 Å². The van der Waals surface area contributed by atoms with Gasteiger partial charge in [-0.2, -0.15) is 0 Å². The summed E-state index contributed by atoms with van der Waals surface area (Å²) in [5, 5.41) is 12.8. The molecule has 0 aromatic heterocycles. The summed E-state index contributed by atoms with van der Waals surface area (Å²) in [6.45, 7) is 16.3. The molecule has 2 N–H and O–H groups in total. The van der Waals surface area contributed by atoms with Gasteiger partial charge in [-0.25, -0.2) is 9.59 Å². The van der Waals surface area contributed by atoms with Crippen molar-refractivity contribution in [2.45, 2.75) is 93.3 Å². The first-order valence-corrected chi connectivity index (χ1v) is 12.3. The van der Waals surface area contributed by atoms with Crippen molar-refractivity contribution in [1.82, 2.24) is 5.32 Å². The SMILES string of the molecule is CCOC(=O)O[C@](Cc1ccc(OC(=O)CC(C)(C)C)c(OC(=O)CC(C)(C)C)c1)(NC(C)C)C(=O)O. The summed E-state index contributed by atoms with van der Waals surface area (Å²) in [7, 11) is 0. The summed E-state index contributed by atoms with van der Waals surface area (Å²) in [6.07, 6.45) is -1.27. The zero-order valence-electron chi connectivity index (χ0n) is 23.4. The molecule has 0 unspecified atom stereocenters. The molecule has 37 heavy (non-hydrogen) atoms. The quantitative estimate of drug-likeness (QED) is 0.235. The van der Waals surface area contributed by atoms with Gasteiger partial charge in [0.1, 0.15) is 0 Å². The third-order valence-electron chi connectivity index (χ3n) is 4.65. The van der Waals surface area contributed by atoms with Gasteiger partial charge in [-0.3, -0.25) is 14.9 Å². The molecule has 0 aliphatic rings. The van der Waals surface area contributed by atoms with Crippen LogP contribution in [-0.2, 0) is 30.3 Å². The Kier molecular flexibility index (Phi) is 11.1. The number of benzene rings is 1. The fourth-order valence-electron chi connectivity index (χ4n) is 3.35. The van der Waals surface area contributed by atoms with Gasteiger partial charge in [-0.1, -0.05) is 47.6 Å². The molecular formula is C27H41NO9. The van der Waals surface area contributed by atoms with Crippen molar-refractivity contribution >= 4 is 24.1 Å². The second kappa shape index (κ2) is 12.9. The van der Waals surface area contributed by atoms with Crippen LogP contribution in [0, 0.1) is 10.8 Å². The van der Waals surface area contributed by atoms with E-state index in [0.29, 0.717) is 5.56 Å². The Morgan fingerprint density at radius 2 is 1.41 bits per heavy atom. The van der Waals surface area contributed by atoms with E-state index in [1.54, 1.807) is 20.8 Å². The summed E-state index contributed by atoms with van der Waals surface area (Å²) >= 11 is 0. The molecule has 0 radical (unpaired) electrons. The van der Waals surface area contributed by atoms with E-state index in [1.165, 1.54) is 18.2 Å². The molecule has 0 bridgehead atoms. The second-order valence-electron chi connectivity index (χ2n) is 11.6.